The Kier molecular flexibility index (Phi) is 3.18. The van der Waals surface area contributed by atoms with E-state index in [1.807, 2.05) is 11.8 Å². The van der Waals surface area contributed by atoms with Crippen LogP contribution in [0, 0.1) is 10.1 Å². The molecule has 0 aromatic heterocycles. The number of para-hydroxylation sites is 1. The summed E-state index contributed by atoms with van der Waals surface area (Å²) in [5, 5.41) is 20.2. The fourth-order valence-corrected chi connectivity index (χ4v) is 2.42. The molecule has 0 saturated carbocycles. The second kappa shape index (κ2) is 4.64. The number of benzene rings is 1. The van der Waals surface area contributed by atoms with Crippen LogP contribution in [0.3, 0.4) is 0 Å². The van der Waals surface area contributed by atoms with E-state index in [1.165, 1.54) is 18.2 Å². The summed E-state index contributed by atoms with van der Waals surface area (Å²) >= 11 is 0. The Labute approximate surface area is 104 Å². The third-order valence-corrected chi connectivity index (χ3v) is 3.28. The van der Waals surface area contributed by atoms with Gasteiger partial charge in [0.05, 0.1) is 10.5 Å². The van der Waals surface area contributed by atoms with E-state index in [-0.39, 0.29) is 23.0 Å². The number of nitro groups is 1. The number of carbonyl (C=O) groups is 1. The van der Waals surface area contributed by atoms with Crippen molar-refractivity contribution in [3.05, 3.63) is 33.9 Å². The highest BCUT2D eigenvalue weighted by molar-refractivity contribution is 5.97. The third kappa shape index (κ3) is 2.01. The number of aromatic carboxylic acids is 1. The van der Waals surface area contributed by atoms with Crippen LogP contribution in [-0.2, 0) is 0 Å². The van der Waals surface area contributed by atoms with Crippen molar-refractivity contribution in [2.24, 2.45) is 0 Å². The van der Waals surface area contributed by atoms with Gasteiger partial charge in [-0.05, 0) is 25.8 Å². The third-order valence-electron chi connectivity index (χ3n) is 3.28. The molecule has 0 amide bonds. The van der Waals surface area contributed by atoms with Gasteiger partial charge in [0.25, 0.3) is 5.69 Å². The molecule has 6 nitrogen and oxygen atoms in total. The van der Waals surface area contributed by atoms with Gasteiger partial charge in [0.1, 0.15) is 5.69 Å². The van der Waals surface area contributed by atoms with Gasteiger partial charge in [-0.2, -0.15) is 0 Å². The Morgan fingerprint density at radius 2 is 2.28 bits per heavy atom. The lowest BCUT2D eigenvalue weighted by molar-refractivity contribution is -0.384. The summed E-state index contributed by atoms with van der Waals surface area (Å²) in [6.07, 6.45) is 1.84. The summed E-state index contributed by atoms with van der Waals surface area (Å²) in [5.74, 6) is -1.13. The number of nitrogens with zero attached hydrogens (tertiary/aromatic N) is 2. The molecule has 1 heterocycles. The summed E-state index contributed by atoms with van der Waals surface area (Å²) in [6, 6.07) is 4.30. The normalized spacial score (nSPS) is 18.9. The first-order valence-corrected chi connectivity index (χ1v) is 5.79. The van der Waals surface area contributed by atoms with Crippen LogP contribution in [0.1, 0.15) is 30.1 Å². The minimum Gasteiger partial charge on any atom is -0.478 e. The van der Waals surface area contributed by atoms with Crippen LogP contribution in [-0.4, -0.2) is 28.6 Å². The molecule has 0 bridgehead atoms. The quantitative estimate of drug-likeness (QED) is 0.657. The molecule has 96 valence electrons. The van der Waals surface area contributed by atoms with Crippen LogP contribution in [0.15, 0.2) is 18.2 Å². The van der Waals surface area contributed by atoms with Crippen LogP contribution in [0.5, 0.6) is 0 Å². The zero-order valence-corrected chi connectivity index (χ0v) is 10.00. The van der Waals surface area contributed by atoms with E-state index < -0.39 is 10.9 Å². The van der Waals surface area contributed by atoms with E-state index in [1.54, 1.807) is 0 Å². The molecule has 1 unspecified atom stereocenters. The van der Waals surface area contributed by atoms with Crippen molar-refractivity contribution in [1.29, 1.82) is 0 Å². The van der Waals surface area contributed by atoms with Gasteiger partial charge in [-0.1, -0.05) is 6.07 Å². The van der Waals surface area contributed by atoms with Gasteiger partial charge >= 0.3 is 5.97 Å². The average molecular weight is 250 g/mol. The molecule has 1 aromatic carbocycles. The number of nitro benzene ring substituents is 1. The Balaban J connectivity index is 2.60. The van der Waals surface area contributed by atoms with E-state index in [0.717, 1.165) is 12.8 Å². The maximum atomic E-state index is 11.2. The lowest BCUT2D eigenvalue weighted by Gasteiger charge is -2.24. The van der Waals surface area contributed by atoms with Crippen molar-refractivity contribution in [1.82, 2.24) is 0 Å². The van der Waals surface area contributed by atoms with E-state index in [2.05, 4.69) is 0 Å². The Morgan fingerprint density at radius 3 is 2.78 bits per heavy atom. The van der Waals surface area contributed by atoms with Gasteiger partial charge in [-0.15, -0.1) is 0 Å². The number of rotatable bonds is 3. The van der Waals surface area contributed by atoms with Crippen LogP contribution in [0.4, 0.5) is 11.4 Å². The molecule has 6 heteroatoms. The predicted molar refractivity (Wildman–Crippen MR) is 66.1 cm³/mol. The second-order valence-electron chi connectivity index (χ2n) is 4.42. The molecule has 0 aliphatic carbocycles. The lowest BCUT2D eigenvalue weighted by atomic mass is 10.1. The van der Waals surface area contributed by atoms with Gasteiger partial charge in [-0.3, -0.25) is 10.1 Å². The zero-order chi connectivity index (χ0) is 13.3. The molecule has 0 radical (unpaired) electrons. The van der Waals surface area contributed by atoms with Crippen LogP contribution < -0.4 is 4.90 Å². The van der Waals surface area contributed by atoms with Gasteiger partial charge in [0, 0.05) is 18.7 Å². The van der Waals surface area contributed by atoms with E-state index in [4.69, 9.17) is 5.11 Å². The maximum Gasteiger partial charge on any atom is 0.338 e. The molecule has 0 spiro atoms. The number of carboxylic acid groups (broad SMARTS) is 1. The molecule has 1 fully saturated rings. The Hall–Kier alpha value is -2.11. The standard InChI is InChI=1S/C12H14N2O4/c1-8-4-3-7-13(8)11-9(12(15)16)5-2-6-10(11)14(17)18/h2,5-6,8H,3-4,7H2,1H3,(H,15,16). The molecule has 2 rings (SSSR count). The summed E-state index contributed by atoms with van der Waals surface area (Å²) in [6.45, 7) is 2.61. The van der Waals surface area contributed by atoms with Crippen molar-refractivity contribution in [2.75, 3.05) is 11.4 Å². The Morgan fingerprint density at radius 1 is 1.56 bits per heavy atom. The molecule has 1 atom stereocenters. The van der Waals surface area contributed by atoms with Gasteiger partial charge in [-0.25, -0.2) is 4.79 Å². The minimum absolute atomic E-state index is 0.00190. The number of anilines is 1. The molecule has 1 aromatic rings. The van der Waals surface area contributed by atoms with E-state index in [0.29, 0.717) is 6.54 Å². The topological polar surface area (TPSA) is 83.7 Å². The molecule has 1 N–H and O–H groups in total. The summed E-state index contributed by atoms with van der Waals surface area (Å²) in [5.41, 5.74) is 0.0987. The monoisotopic (exact) mass is 250 g/mol. The van der Waals surface area contributed by atoms with E-state index in [9.17, 15) is 14.9 Å². The molecular weight excluding hydrogens is 236 g/mol. The first kappa shape index (κ1) is 12.3. The number of hydrogen-bond acceptors (Lipinski definition) is 4. The van der Waals surface area contributed by atoms with Crippen molar-refractivity contribution < 1.29 is 14.8 Å². The predicted octanol–water partition coefficient (Wildman–Crippen LogP) is 2.28. The van der Waals surface area contributed by atoms with Gasteiger partial charge in [0.2, 0.25) is 0 Å². The van der Waals surface area contributed by atoms with Crippen molar-refractivity contribution in [3.8, 4) is 0 Å². The smallest absolute Gasteiger partial charge is 0.338 e. The fraction of sp³-hybridized carbons (Fsp3) is 0.417. The second-order valence-corrected chi connectivity index (χ2v) is 4.42. The minimum atomic E-state index is -1.13. The van der Waals surface area contributed by atoms with Crippen LogP contribution >= 0.6 is 0 Å². The Bertz CT molecular complexity index is 469. The molecule has 1 saturated heterocycles. The number of hydrogen-bond donors (Lipinski definition) is 1. The highest BCUT2D eigenvalue weighted by Gasteiger charge is 2.31. The average Bonchev–Trinajstić information content (AvgIpc) is 2.74. The largest absolute Gasteiger partial charge is 0.478 e. The summed E-state index contributed by atoms with van der Waals surface area (Å²) in [4.78, 5) is 23.6. The van der Waals surface area contributed by atoms with Crippen molar-refractivity contribution in [2.45, 2.75) is 25.8 Å². The van der Waals surface area contributed by atoms with Gasteiger partial charge in [0.15, 0.2) is 0 Å². The highest BCUT2D eigenvalue weighted by Crippen LogP contribution is 2.36. The number of carboxylic acids is 1. The zero-order valence-electron chi connectivity index (χ0n) is 10.00. The van der Waals surface area contributed by atoms with Crippen molar-refractivity contribution >= 4 is 17.3 Å². The summed E-state index contributed by atoms with van der Waals surface area (Å²) < 4.78 is 0. The van der Waals surface area contributed by atoms with Crippen molar-refractivity contribution in [3.63, 3.8) is 0 Å². The van der Waals surface area contributed by atoms with Crippen LogP contribution in [0.2, 0.25) is 0 Å². The molecule has 1 aliphatic rings. The van der Waals surface area contributed by atoms with Gasteiger partial charge < -0.3 is 10.0 Å². The molecular formula is C12H14N2O4. The molecule has 18 heavy (non-hydrogen) atoms. The SMILES string of the molecule is CC1CCCN1c1c(C(=O)O)cccc1[N+](=O)[O-]. The first-order valence-electron chi connectivity index (χ1n) is 5.79. The van der Waals surface area contributed by atoms with E-state index >= 15 is 0 Å². The lowest BCUT2D eigenvalue weighted by Crippen LogP contribution is -2.28. The first-order chi connectivity index (χ1) is 8.52. The maximum absolute atomic E-state index is 11.2. The van der Waals surface area contributed by atoms with Crippen LogP contribution in [0.25, 0.3) is 0 Å². The fourth-order valence-electron chi connectivity index (χ4n) is 2.42. The molecule has 1 aliphatic heterocycles. The summed E-state index contributed by atoms with van der Waals surface area (Å²) in [7, 11) is 0. The highest BCUT2D eigenvalue weighted by atomic mass is 16.6.